The molecule has 0 bridgehead atoms. The van der Waals surface area contributed by atoms with Crippen LogP contribution in [0.2, 0.25) is 5.02 Å². The first kappa shape index (κ1) is 16.9. The minimum Gasteiger partial charge on any atom is -0.339 e. The second-order valence-electron chi connectivity index (χ2n) is 5.84. The van der Waals surface area contributed by atoms with Gasteiger partial charge in [0.05, 0.1) is 0 Å². The summed E-state index contributed by atoms with van der Waals surface area (Å²) in [6, 6.07) is 6.89. The number of carbonyl (C=O) groups is 2. The van der Waals surface area contributed by atoms with Crippen molar-refractivity contribution in [3.8, 4) is 0 Å². The average molecular weight is 364 g/mol. The quantitative estimate of drug-likeness (QED) is 0.906. The Hall–Kier alpha value is -1.92. The van der Waals surface area contributed by atoms with Gasteiger partial charge in [-0.3, -0.25) is 9.59 Å². The Morgan fingerprint density at radius 3 is 2.50 bits per heavy atom. The van der Waals surface area contributed by atoms with Gasteiger partial charge in [0, 0.05) is 40.7 Å². The van der Waals surface area contributed by atoms with Gasteiger partial charge in [-0.25, -0.2) is 4.98 Å². The second kappa shape index (κ2) is 7.32. The fourth-order valence-electron chi connectivity index (χ4n) is 2.74. The molecule has 7 heteroatoms. The highest BCUT2D eigenvalue weighted by molar-refractivity contribution is 7.15. The van der Waals surface area contributed by atoms with Crippen molar-refractivity contribution in [2.45, 2.75) is 19.8 Å². The lowest BCUT2D eigenvalue weighted by Gasteiger charge is -2.31. The third kappa shape index (κ3) is 3.94. The van der Waals surface area contributed by atoms with Gasteiger partial charge in [-0.05, 0) is 44.0 Å². The van der Waals surface area contributed by atoms with E-state index < -0.39 is 0 Å². The van der Waals surface area contributed by atoms with Crippen LogP contribution in [0, 0.1) is 12.8 Å². The normalized spacial score (nSPS) is 15.3. The van der Waals surface area contributed by atoms with Gasteiger partial charge in [0.1, 0.15) is 0 Å². The molecule has 1 aliphatic rings. The van der Waals surface area contributed by atoms with E-state index in [9.17, 15) is 9.59 Å². The summed E-state index contributed by atoms with van der Waals surface area (Å²) in [5.74, 6) is -0.104. The molecular formula is C17H18ClN3O2S. The predicted octanol–water partition coefficient (Wildman–Crippen LogP) is 3.60. The summed E-state index contributed by atoms with van der Waals surface area (Å²) in [4.78, 5) is 31.8. The molecule has 24 heavy (non-hydrogen) atoms. The van der Waals surface area contributed by atoms with Crippen LogP contribution in [-0.2, 0) is 4.79 Å². The van der Waals surface area contributed by atoms with Gasteiger partial charge in [-0.1, -0.05) is 11.6 Å². The minimum absolute atomic E-state index is 0.0112. The molecule has 1 N–H and O–H groups in total. The number of nitrogens with one attached hydrogen (secondary N) is 1. The van der Waals surface area contributed by atoms with E-state index >= 15 is 0 Å². The smallest absolute Gasteiger partial charge is 0.253 e. The summed E-state index contributed by atoms with van der Waals surface area (Å²) in [5, 5.41) is 4.11. The Morgan fingerprint density at radius 2 is 1.92 bits per heavy atom. The van der Waals surface area contributed by atoms with Gasteiger partial charge in [-0.15, -0.1) is 11.3 Å². The van der Waals surface area contributed by atoms with Gasteiger partial charge >= 0.3 is 0 Å². The maximum Gasteiger partial charge on any atom is 0.253 e. The summed E-state index contributed by atoms with van der Waals surface area (Å²) >= 11 is 7.32. The summed E-state index contributed by atoms with van der Waals surface area (Å²) < 4.78 is 0. The monoisotopic (exact) mass is 363 g/mol. The molecule has 0 unspecified atom stereocenters. The number of anilines is 1. The Balaban J connectivity index is 1.54. The highest BCUT2D eigenvalue weighted by Crippen LogP contribution is 2.23. The number of halogens is 1. The summed E-state index contributed by atoms with van der Waals surface area (Å²) in [6.45, 7) is 3.11. The molecule has 5 nitrogen and oxygen atoms in total. The van der Waals surface area contributed by atoms with Crippen LogP contribution < -0.4 is 5.32 Å². The fourth-order valence-corrected chi connectivity index (χ4v) is 3.53. The van der Waals surface area contributed by atoms with E-state index in [0.717, 1.165) is 4.88 Å². The van der Waals surface area contributed by atoms with Crippen LogP contribution in [0.25, 0.3) is 0 Å². The highest BCUT2D eigenvalue weighted by atomic mass is 35.5. The Labute approximate surface area is 149 Å². The lowest BCUT2D eigenvalue weighted by molar-refractivity contribution is -0.121. The minimum atomic E-state index is -0.0801. The number of aryl methyl sites for hydroxylation is 1. The maximum atomic E-state index is 12.5. The number of likely N-dealkylation sites (tertiary alicyclic amines) is 1. The standard InChI is InChI=1S/C17H18ClN3O2S/c1-11-10-19-17(24-11)20-15(22)12-6-8-21(9-7-12)16(23)13-2-4-14(18)5-3-13/h2-5,10,12H,6-9H2,1H3,(H,19,20,22). The molecule has 2 heterocycles. The van der Waals surface area contributed by atoms with Crippen molar-refractivity contribution >= 4 is 39.9 Å². The summed E-state index contributed by atoms with van der Waals surface area (Å²) in [7, 11) is 0. The molecule has 0 saturated carbocycles. The largest absolute Gasteiger partial charge is 0.339 e. The number of carbonyl (C=O) groups excluding carboxylic acids is 2. The zero-order valence-corrected chi connectivity index (χ0v) is 14.9. The summed E-state index contributed by atoms with van der Waals surface area (Å²) in [6.07, 6.45) is 3.07. The van der Waals surface area contributed by atoms with Crippen LogP contribution in [-0.4, -0.2) is 34.8 Å². The van der Waals surface area contributed by atoms with E-state index in [4.69, 9.17) is 11.6 Å². The van der Waals surface area contributed by atoms with Crippen LogP contribution in [0.5, 0.6) is 0 Å². The molecule has 3 rings (SSSR count). The molecule has 1 saturated heterocycles. The third-order valence-electron chi connectivity index (χ3n) is 4.10. The number of hydrogen-bond donors (Lipinski definition) is 1. The molecule has 0 spiro atoms. The maximum absolute atomic E-state index is 12.5. The number of rotatable bonds is 3. The molecule has 1 aromatic carbocycles. The molecular weight excluding hydrogens is 346 g/mol. The van der Waals surface area contributed by atoms with Crippen LogP contribution >= 0.6 is 22.9 Å². The fraction of sp³-hybridized carbons (Fsp3) is 0.353. The van der Waals surface area contributed by atoms with Crippen LogP contribution in [0.4, 0.5) is 5.13 Å². The highest BCUT2D eigenvalue weighted by Gasteiger charge is 2.28. The van der Waals surface area contributed by atoms with Gasteiger partial charge in [0.25, 0.3) is 5.91 Å². The number of hydrogen-bond acceptors (Lipinski definition) is 4. The molecule has 1 aliphatic heterocycles. The number of amides is 2. The number of aromatic nitrogens is 1. The molecule has 1 aromatic heterocycles. The van der Waals surface area contributed by atoms with E-state index in [0.29, 0.717) is 41.6 Å². The number of thiazole rings is 1. The zero-order valence-electron chi connectivity index (χ0n) is 13.3. The molecule has 0 atom stereocenters. The van der Waals surface area contributed by atoms with Gasteiger partial charge < -0.3 is 10.2 Å². The van der Waals surface area contributed by atoms with E-state index in [1.807, 2.05) is 6.92 Å². The van der Waals surface area contributed by atoms with Crippen molar-refractivity contribution in [2.24, 2.45) is 5.92 Å². The zero-order chi connectivity index (χ0) is 17.1. The van der Waals surface area contributed by atoms with Crippen molar-refractivity contribution < 1.29 is 9.59 Å². The number of benzene rings is 1. The first-order valence-electron chi connectivity index (χ1n) is 7.81. The molecule has 0 radical (unpaired) electrons. The topological polar surface area (TPSA) is 62.3 Å². The first-order chi connectivity index (χ1) is 11.5. The van der Waals surface area contributed by atoms with Crippen molar-refractivity contribution in [1.29, 1.82) is 0 Å². The molecule has 2 amide bonds. The van der Waals surface area contributed by atoms with E-state index in [2.05, 4.69) is 10.3 Å². The van der Waals surface area contributed by atoms with Crippen LogP contribution in [0.1, 0.15) is 28.1 Å². The molecule has 2 aromatic rings. The van der Waals surface area contributed by atoms with E-state index in [-0.39, 0.29) is 17.7 Å². The Morgan fingerprint density at radius 1 is 1.25 bits per heavy atom. The van der Waals surface area contributed by atoms with Crippen molar-refractivity contribution in [3.63, 3.8) is 0 Å². The van der Waals surface area contributed by atoms with Gasteiger partial charge in [0.15, 0.2) is 5.13 Å². The molecule has 1 fully saturated rings. The third-order valence-corrected chi connectivity index (χ3v) is 5.18. The Bertz CT molecular complexity index is 737. The van der Waals surface area contributed by atoms with Crippen LogP contribution in [0.15, 0.2) is 30.5 Å². The summed E-state index contributed by atoms with van der Waals surface area (Å²) in [5.41, 5.74) is 0.626. The van der Waals surface area contributed by atoms with E-state index in [1.165, 1.54) is 11.3 Å². The second-order valence-corrected chi connectivity index (χ2v) is 7.51. The average Bonchev–Trinajstić information content (AvgIpc) is 3.00. The first-order valence-corrected chi connectivity index (χ1v) is 9.00. The van der Waals surface area contributed by atoms with Gasteiger partial charge in [0.2, 0.25) is 5.91 Å². The van der Waals surface area contributed by atoms with Crippen molar-refractivity contribution in [3.05, 3.63) is 45.9 Å². The predicted molar refractivity (Wildman–Crippen MR) is 95.6 cm³/mol. The SMILES string of the molecule is Cc1cnc(NC(=O)C2CCN(C(=O)c3ccc(Cl)cc3)CC2)s1. The van der Waals surface area contributed by atoms with Crippen molar-refractivity contribution in [1.82, 2.24) is 9.88 Å². The van der Waals surface area contributed by atoms with Crippen molar-refractivity contribution in [2.75, 3.05) is 18.4 Å². The lowest BCUT2D eigenvalue weighted by Crippen LogP contribution is -2.41. The van der Waals surface area contributed by atoms with Crippen LogP contribution in [0.3, 0.4) is 0 Å². The molecule has 0 aliphatic carbocycles. The molecule has 126 valence electrons. The van der Waals surface area contributed by atoms with Gasteiger partial charge in [-0.2, -0.15) is 0 Å². The Kier molecular flexibility index (Phi) is 5.16. The number of piperidine rings is 1. The number of nitrogens with zero attached hydrogens (tertiary/aromatic N) is 2. The van der Waals surface area contributed by atoms with E-state index in [1.54, 1.807) is 35.4 Å². The lowest BCUT2D eigenvalue weighted by atomic mass is 9.95.